The van der Waals surface area contributed by atoms with Crippen molar-refractivity contribution in [2.45, 2.75) is 19.4 Å². The van der Waals surface area contributed by atoms with Crippen LogP contribution in [-0.4, -0.2) is 53.1 Å². The van der Waals surface area contributed by atoms with Crippen LogP contribution in [0.3, 0.4) is 0 Å². The zero-order valence-electron chi connectivity index (χ0n) is 12.2. The van der Waals surface area contributed by atoms with Gasteiger partial charge in [-0.2, -0.15) is 0 Å². The van der Waals surface area contributed by atoms with Gasteiger partial charge in [-0.05, 0) is 5.56 Å². The van der Waals surface area contributed by atoms with Crippen molar-refractivity contribution in [2.24, 2.45) is 0 Å². The fourth-order valence-electron chi connectivity index (χ4n) is 1.88. The molecule has 7 nitrogen and oxygen atoms in total. The van der Waals surface area contributed by atoms with E-state index in [9.17, 15) is 14.4 Å². The van der Waals surface area contributed by atoms with Crippen molar-refractivity contribution in [3.8, 4) is 0 Å². The van der Waals surface area contributed by atoms with E-state index in [0.717, 1.165) is 15.5 Å². The lowest BCUT2D eigenvalue weighted by Crippen LogP contribution is -2.53. The van der Waals surface area contributed by atoms with Gasteiger partial charge in [0.05, 0.1) is 0 Å². The number of hydrogen-bond donors (Lipinski definition) is 2. The molecule has 0 aromatic heterocycles. The SMILES string of the molecule is CC(=O)NN(C)C(=O)C(Cc1ccccc1)N(C)C(=O)O. The summed E-state index contributed by atoms with van der Waals surface area (Å²) in [7, 11) is 2.72. The second-order valence-corrected chi connectivity index (χ2v) is 4.66. The molecule has 3 amide bonds. The summed E-state index contributed by atoms with van der Waals surface area (Å²) in [6.07, 6.45) is -0.979. The van der Waals surface area contributed by atoms with E-state index in [1.54, 1.807) is 0 Å². The van der Waals surface area contributed by atoms with Crippen LogP contribution in [0.25, 0.3) is 0 Å². The Morgan fingerprint density at radius 3 is 2.24 bits per heavy atom. The van der Waals surface area contributed by atoms with Crippen molar-refractivity contribution in [1.29, 1.82) is 0 Å². The molecule has 0 heterocycles. The van der Waals surface area contributed by atoms with Crippen LogP contribution in [0.5, 0.6) is 0 Å². The highest BCUT2D eigenvalue weighted by atomic mass is 16.4. The van der Waals surface area contributed by atoms with E-state index in [2.05, 4.69) is 5.43 Å². The van der Waals surface area contributed by atoms with Gasteiger partial charge in [-0.15, -0.1) is 0 Å². The van der Waals surface area contributed by atoms with Crippen LogP contribution in [-0.2, 0) is 16.0 Å². The first-order valence-electron chi connectivity index (χ1n) is 6.37. The fourth-order valence-corrected chi connectivity index (χ4v) is 1.88. The monoisotopic (exact) mass is 293 g/mol. The smallest absolute Gasteiger partial charge is 0.407 e. The Labute approximate surface area is 123 Å². The maximum atomic E-state index is 12.3. The summed E-state index contributed by atoms with van der Waals surface area (Å²) in [6.45, 7) is 1.27. The predicted octanol–water partition coefficient (Wildman–Crippen LogP) is 0.717. The van der Waals surface area contributed by atoms with Gasteiger partial charge in [0.1, 0.15) is 6.04 Å². The highest BCUT2D eigenvalue weighted by Gasteiger charge is 2.29. The van der Waals surface area contributed by atoms with Crippen LogP contribution < -0.4 is 5.43 Å². The van der Waals surface area contributed by atoms with Crippen LogP contribution in [0.2, 0.25) is 0 Å². The van der Waals surface area contributed by atoms with Crippen molar-refractivity contribution >= 4 is 17.9 Å². The molecule has 0 aliphatic rings. The molecule has 114 valence electrons. The lowest BCUT2D eigenvalue weighted by atomic mass is 10.0. The van der Waals surface area contributed by atoms with E-state index in [1.165, 1.54) is 21.0 Å². The van der Waals surface area contributed by atoms with Crippen molar-refractivity contribution in [3.05, 3.63) is 35.9 Å². The topological polar surface area (TPSA) is 90.0 Å². The summed E-state index contributed by atoms with van der Waals surface area (Å²) in [5.74, 6) is -0.902. The Balaban J connectivity index is 2.94. The number of benzene rings is 1. The van der Waals surface area contributed by atoms with E-state index in [4.69, 9.17) is 5.11 Å². The Bertz CT molecular complexity index is 518. The summed E-state index contributed by atoms with van der Waals surface area (Å²) in [4.78, 5) is 35.4. The van der Waals surface area contributed by atoms with Gasteiger partial charge in [0.2, 0.25) is 5.91 Å². The Hall–Kier alpha value is -2.57. The molecule has 7 heteroatoms. The van der Waals surface area contributed by atoms with Gasteiger partial charge in [-0.3, -0.25) is 24.9 Å². The molecule has 0 radical (unpaired) electrons. The molecular formula is C14H19N3O4. The van der Waals surface area contributed by atoms with Gasteiger partial charge in [-0.25, -0.2) is 4.79 Å². The molecule has 0 saturated carbocycles. The first-order valence-corrected chi connectivity index (χ1v) is 6.37. The number of amides is 3. The fraction of sp³-hybridized carbons (Fsp3) is 0.357. The Kier molecular flexibility index (Phi) is 5.71. The summed E-state index contributed by atoms with van der Waals surface area (Å²) in [6, 6.07) is 8.18. The predicted molar refractivity (Wildman–Crippen MR) is 76.3 cm³/mol. The first-order chi connectivity index (χ1) is 9.82. The maximum absolute atomic E-state index is 12.3. The summed E-state index contributed by atoms with van der Waals surface area (Å²) >= 11 is 0. The lowest BCUT2D eigenvalue weighted by molar-refractivity contribution is -0.142. The van der Waals surface area contributed by atoms with Crippen molar-refractivity contribution in [3.63, 3.8) is 0 Å². The zero-order valence-corrected chi connectivity index (χ0v) is 12.2. The first kappa shape index (κ1) is 16.5. The molecule has 1 rings (SSSR count). The minimum Gasteiger partial charge on any atom is -0.465 e. The van der Waals surface area contributed by atoms with Gasteiger partial charge in [0, 0.05) is 27.4 Å². The number of nitrogens with one attached hydrogen (secondary N) is 1. The van der Waals surface area contributed by atoms with Gasteiger partial charge in [-0.1, -0.05) is 30.3 Å². The maximum Gasteiger partial charge on any atom is 0.407 e. The average Bonchev–Trinajstić information content (AvgIpc) is 2.43. The summed E-state index contributed by atoms with van der Waals surface area (Å²) < 4.78 is 0. The molecule has 2 N–H and O–H groups in total. The van der Waals surface area contributed by atoms with E-state index in [0.29, 0.717) is 0 Å². The number of rotatable bonds is 4. The Morgan fingerprint density at radius 2 is 1.76 bits per heavy atom. The van der Waals surface area contributed by atoms with Crippen molar-refractivity contribution in [2.75, 3.05) is 14.1 Å². The molecule has 21 heavy (non-hydrogen) atoms. The number of hydrazine groups is 1. The molecule has 0 fully saturated rings. The number of likely N-dealkylation sites (N-methyl/N-ethyl adjacent to an activating group) is 2. The third kappa shape index (κ3) is 4.79. The van der Waals surface area contributed by atoms with Crippen LogP contribution in [0.4, 0.5) is 4.79 Å². The van der Waals surface area contributed by atoms with Gasteiger partial charge < -0.3 is 5.11 Å². The van der Waals surface area contributed by atoms with Crippen LogP contribution in [0, 0.1) is 0 Å². The largest absolute Gasteiger partial charge is 0.465 e. The summed E-state index contributed by atoms with van der Waals surface area (Å²) in [5, 5.41) is 10.1. The molecule has 0 bridgehead atoms. The summed E-state index contributed by atoms with van der Waals surface area (Å²) in [5.41, 5.74) is 3.16. The van der Waals surface area contributed by atoms with E-state index < -0.39 is 23.9 Å². The van der Waals surface area contributed by atoms with Crippen LogP contribution >= 0.6 is 0 Å². The number of carbonyl (C=O) groups is 3. The zero-order chi connectivity index (χ0) is 16.0. The van der Waals surface area contributed by atoms with Crippen LogP contribution in [0.15, 0.2) is 30.3 Å². The molecule has 1 aromatic rings. The third-order valence-corrected chi connectivity index (χ3v) is 2.98. The molecule has 0 saturated heterocycles. The quantitative estimate of drug-likeness (QED) is 0.800. The standard InChI is InChI=1S/C14H19N3O4/c1-10(18)15-17(3)13(19)12(16(2)14(20)21)9-11-7-5-4-6-8-11/h4-8,12H,9H2,1-3H3,(H,15,18)(H,20,21). The molecule has 0 aliphatic heterocycles. The number of carboxylic acid groups (broad SMARTS) is 1. The number of nitrogens with zero attached hydrogens (tertiary/aromatic N) is 2. The Morgan fingerprint density at radius 1 is 1.19 bits per heavy atom. The normalized spacial score (nSPS) is 11.4. The second-order valence-electron chi connectivity index (χ2n) is 4.66. The molecule has 0 spiro atoms. The lowest BCUT2D eigenvalue weighted by Gasteiger charge is -2.29. The van der Waals surface area contributed by atoms with Gasteiger partial charge in [0.25, 0.3) is 5.91 Å². The minimum absolute atomic E-state index is 0.229. The minimum atomic E-state index is -1.21. The highest BCUT2D eigenvalue weighted by Crippen LogP contribution is 2.10. The number of carbonyl (C=O) groups excluding carboxylic acids is 2. The van der Waals surface area contributed by atoms with E-state index >= 15 is 0 Å². The molecule has 0 aliphatic carbocycles. The molecular weight excluding hydrogens is 274 g/mol. The average molecular weight is 293 g/mol. The van der Waals surface area contributed by atoms with Gasteiger partial charge in [0.15, 0.2) is 0 Å². The van der Waals surface area contributed by atoms with Crippen molar-refractivity contribution < 1.29 is 19.5 Å². The van der Waals surface area contributed by atoms with Gasteiger partial charge >= 0.3 is 6.09 Å². The van der Waals surface area contributed by atoms with Crippen molar-refractivity contribution in [1.82, 2.24) is 15.3 Å². The third-order valence-electron chi connectivity index (χ3n) is 2.98. The number of hydrogen-bond acceptors (Lipinski definition) is 3. The van der Waals surface area contributed by atoms with E-state index in [1.807, 2.05) is 30.3 Å². The molecule has 1 aromatic carbocycles. The van der Waals surface area contributed by atoms with Crippen LogP contribution in [0.1, 0.15) is 12.5 Å². The van der Waals surface area contributed by atoms with E-state index in [-0.39, 0.29) is 6.42 Å². The highest BCUT2D eigenvalue weighted by molar-refractivity contribution is 5.87. The second kappa shape index (κ2) is 7.28. The molecule has 1 unspecified atom stereocenters. The molecule has 1 atom stereocenters.